The summed E-state index contributed by atoms with van der Waals surface area (Å²) < 4.78 is 4.83. The fourth-order valence-electron chi connectivity index (χ4n) is 0.648. The van der Waals surface area contributed by atoms with Crippen molar-refractivity contribution >= 4 is 5.97 Å². The quantitative estimate of drug-likeness (QED) is 0.475. The summed E-state index contributed by atoms with van der Waals surface area (Å²) in [5.41, 5.74) is 0. The fourth-order valence-corrected chi connectivity index (χ4v) is 0.648. The predicted molar refractivity (Wildman–Crippen MR) is 34.9 cm³/mol. The van der Waals surface area contributed by atoms with Gasteiger partial charge in [0.2, 0.25) is 5.89 Å². The summed E-state index contributed by atoms with van der Waals surface area (Å²) in [6.45, 7) is 3.78. The molecule has 0 aromatic carbocycles. The van der Waals surface area contributed by atoms with Crippen molar-refractivity contribution in [3.63, 3.8) is 0 Å². The standard InChI is InChI=1S/C7H9NO3.K/c1-4(2)5-3-8-6(11-5)7(9)10;/h3-4H,1-2H3,(H,9,10);/q;+1/p-1. The van der Waals surface area contributed by atoms with Gasteiger partial charge in [-0.15, -0.1) is 0 Å². The summed E-state index contributed by atoms with van der Waals surface area (Å²) in [6, 6.07) is 0. The van der Waals surface area contributed by atoms with Crippen LogP contribution in [0, 0.1) is 0 Å². The van der Waals surface area contributed by atoms with E-state index < -0.39 is 5.97 Å². The molecule has 60 valence electrons. The number of hydrogen-bond donors (Lipinski definition) is 0. The van der Waals surface area contributed by atoms with E-state index in [0.29, 0.717) is 5.76 Å². The minimum absolute atomic E-state index is 0. The van der Waals surface area contributed by atoms with Gasteiger partial charge in [0.05, 0.1) is 6.20 Å². The number of carbonyl (C=O) groups excluding carboxylic acids is 1. The summed E-state index contributed by atoms with van der Waals surface area (Å²) in [5, 5.41) is 10.2. The molecule has 0 aliphatic carbocycles. The predicted octanol–water partition coefficient (Wildman–Crippen LogP) is -2.83. The molecule has 0 unspecified atom stereocenters. The first-order valence-electron chi connectivity index (χ1n) is 3.28. The van der Waals surface area contributed by atoms with Gasteiger partial charge in [0.15, 0.2) is 0 Å². The van der Waals surface area contributed by atoms with Gasteiger partial charge < -0.3 is 14.3 Å². The molecular formula is C7H8KNO3. The Labute approximate surface area is 113 Å². The topological polar surface area (TPSA) is 66.2 Å². The maximum Gasteiger partial charge on any atom is 1.00 e. The molecule has 0 saturated carbocycles. The van der Waals surface area contributed by atoms with Gasteiger partial charge in [-0.25, -0.2) is 4.98 Å². The summed E-state index contributed by atoms with van der Waals surface area (Å²) in [5.74, 6) is -1.02. The van der Waals surface area contributed by atoms with Crippen LogP contribution in [0.2, 0.25) is 0 Å². The number of aromatic nitrogens is 1. The zero-order chi connectivity index (χ0) is 8.43. The molecule has 1 aromatic rings. The van der Waals surface area contributed by atoms with Crippen LogP contribution in [-0.2, 0) is 0 Å². The fraction of sp³-hybridized carbons (Fsp3) is 0.429. The summed E-state index contributed by atoms with van der Waals surface area (Å²) in [6.07, 6.45) is 1.40. The molecule has 4 nitrogen and oxygen atoms in total. The Hall–Kier alpha value is 0.316. The zero-order valence-electron chi connectivity index (χ0n) is 7.33. The monoisotopic (exact) mass is 193 g/mol. The third kappa shape index (κ3) is 2.99. The molecule has 0 aliphatic rings. The summed E-state index contributed by atoms with van der Waals surface area (Å²) in [7, 11) is 0. The Morgan fingerprint density at radius 3 is 2.50 bits per heavy atom. The van der Waals surface area contributed by atoms with Crippen LogP contribution in [0.5, 0.6) is 0 Å². The second kappa shape index (κ2) is 5.13. The molecule has 1 aromatic heterocycles. The molecule has 0 saturated heterocycles. The van der Waals surface area contributed by atoms with Crippen LogP contribution >= 0.6 is 0 Å². The van der Waals surface area contributed by atoms with Gasteiger partial charge in [-0.3, -0.25) is 0 Å². The van der Waals surface area contributed by atoms with Crippen LogP contribution in [0.25, 0.3) is 0 Å². The molecule has 0 bridgehead atoms. The van der Waals surface area contributed by atoms with Gasteiger partial charge in [-0.1, -0.05) is 13.8 Å². The zero-order valence-corrected chi connectivity index (χ0v) is 10.4. The van der Waals surface area contributed by atoms with Crippen molar-refractivity contribution in [2.24, 2.45) is 0 Å². The van der Waals surface area contributed by atoms with E-state index in [1.165, 1.54) is 6.20 Å². The van der Waals surface area contributed by atoms with Crippen LogP contribution < -0.4 is 56.5 Å². The van der Waals surface area contributed by atoms with Gasteiger partial charge in [-0.2, -0.15) is 0 Å². The Morgan fingerprint density at radius 2 is 2.25 bits per heavy atom. The van der Waals surface area contributed by atoms with Gasteiger partial charge >= 0.3 is 51.4 Å². The Kier molecular flexibility index (Phi) is 5.27. The van der Waals surface area contributed by atoms with Crippen LogP contribution in [-0.4, -0.2) is 11.0 Å². The van der Waals surface area contributed by atoms with Crippen molar-refractivity contribution < 1.29 is 65.7 Å². The first-order valence-corrected chi connectivity index (χ1v) is 3.28. The first kappa shape index (κ1) is 12.3. The second-order valence-electron chi connectivity index (χ2n) is 2.51. The van der Waals surface area contributed by atoms with E-state index in [4.69, 9.17) is 4.42 Å². The Balaban J connectivity index is 0.00000121. The van der Waals surface area contributed by atoms with Crippen molar-refractivity contribution in [3.8, 4) is 0 Å². The number of carboxylic acid groups (broad SMARTS) is 1. The number of nitrogens with zero attached hydrogens (tertiary/aromatic N) is 1. The van der Waals surface area contributed by atoms with Crippen LogP contribution in [0.15, 0.2) is 10.6 Å². The molecule has 0 fully saturated rings. The molecule has 1 rings (SSSR count). The van der Waals surface area contributed by atoms with Gasteiger partial charge in [-0.05, 0) is 0 Å². The number of aromatic carboxylic acids is 1. The third-order valence-corrected chi connectivity index (χ3v) is 1.27. The normalized spacial score (nSPS) is 9.58. The SMILES string of the molecule is CC(C)c1cnc(C(=O)[O-])o1.[K+]. The van der Waals surface area contributed by atoms with Gasteiger partial charge in [0, 0.05) is 5.92 Å². The maximum absolute atomic E-state index is 10.2. The number of carboxylic acids is 1. The van der Waals surface area contributed by atoms with Crippen LogP contribution in [0.4, 0.5) is 0 Å². The molecule has 0 aliphatic heterocycles. The average Bonchev–Trinajstić information content (AvgIpc) is 2.33. The second-order valence-corrected chi connectivity index (χ2v) is 2.51. The van der Waals surface area contributed by atoms with E-state index in [1.807, 2.05) is 13.8 Å². The molecule has 0 atom stereocenters. The number of oxazole rings is 1. The molecule has 12 heavy (non-hydrogen) atoms. The summed E-state index contributed by atoms with van der Waals surface area (Å²) >= 11 is 0. The maximum atomic E-state index is 10.2. The van der Waals surface area contributed by atoms with Gasteiger partial charge in [0.1, 0.15) is 11.7 Å². The molecule has 0 amide bonds. The molecule has 1 heterocycles. The largest absolute Gasteiger partial charge is 1.00 e. The van der Waals surface area contributed by atoms with Crippen molar-refractivity contribution in [2.45, 2.75) is 19.8 Å². The minimum Gasteiger partial charge on any atom is -0.540 e. The first-order chi connectivity index (χ1) is 5.11. The van der Waals surface area contributed by atoms with Crippen molar-refractivity contribution in [1.29, 1.82) is 0 Å². The van der Waals surface area contributed by atoms with E-state index in [0.717, 1.165) is 0 Å². The van der Waals surface area contributed by atoms with Gasteiger partial charge in [0.25, 0.3) is 0 Å². The van der Waals surface area contributed by atoms with E-state index >= 15 is 0 Å². The third-order valence-electron chi connectivity index (χ3n) is 1.27. The van der Waals surface area contributed by atoms with Crippen LogP contribution in [0.1, 0.15) is 36.2 Å². The molecular weight excluding hydrogens is 185 g/mol. The Bertz CT molecular complexity index is 269. The van der Waals surface area contributed by atoms with Crippen molar-refractivity contribution in [2.75, 3.05) is 0 Å². The van der Waals surface area contributed by atoms with Crippen molar-refractivity contribution in [1.82, 2.24) is 4.98 Å². The Morgan fingerprint density at radius 1 is 1.67 bits per heavy atom. The number of rotatable bonds is 2. The molecule has 0 radical (unpaired) electrons. The van der Waals surface area contributed by atoms with Crippen molar-refractivity contribution in [3.05, 3.63) is 17.8 Å². The molecule has 0 spiro atoms. The van der Waals surface area contributed by atoms with E-state index in [-0.39, 0.29) is 63.2 Å². The molecule has 0 N–H and O–H groups in total. The van der Waals surface area contributed by atoms with E-state index in [9.17, 15) is 9.90 Å². The van der Waals surface area contributed by atoms with Crippen LogP contribution in [0.3, 0.4) is 0 Å². The summed E-state index contributed by atoms with van der Waals surface area (Å²) in [4.78, 5) is 13.7. The smallest absolute Gasteiger partial charge is 0.540 e. The van der Waals surface area contributed by atoms with E-state index in [2.05, 4.69) is 4.98 Å². The number of carbonyl (C=O) groups is 1. The van der Waals surface area contributed by atoms with E-state index in [1.54, 1.807) is 0 Å². The minimum atomic E-state index is -1.38. The number of hydrogen-bond acceptors (Lipinski definition) is 4. The average molecular weight is 193 g/mol. The molecule has 5 heteroatoms.